The van der Waals surface area contributed by atoms with Crippen molar-refractivity contribution in [1.29, 1.82) is 5.26 Å². The van der Waals surface area contributed by atoms with Gasteiger partial charge in [-0.2, -0.15) is 5.26 Å². The largest absolute Gasteiger partial charge is 0.489 e. The van der Waals surface area contributed by atoms with Gasteiger partial charge in [-0.05, 0) is 36.9 Å². The van der Waals surface area contributed by atoms with E-state index in [0.29, 0.717) is 23.8 Å². The zero-order valence-corrected chi connectivity index (χ0v) is 12.8. The van der Waals surface area contributed by atoms with Gasteiger partial charge in [-0.15, -0.1) is 0 Å². The molecule has 1 aliphatic rings. The molecular formula is C17H24N2O2. The van der Waals surface area contributed by atoms with E-state index in [9.17, 15) is 5.11 Å². The quantitative estimate of drug-likeness (QED) is 0.903. The van der Waals surface area contributed by atoms with Crippen LogP contribution in [0.4, 0.5) is 0 Å². The molecule has 2 rings (SSSR count). The highest BCUT2D eigenvalue weighted by molar-refractivity contribution is 5.42. The molecule has 1 aromatic rings. The number of β-amino-alcohol motifs (C(OH)–C–C–N with tert-alkyl or cyclic N) is 1. The van der Waals surface area contributed by atoms with Crippen molar-refractivity contribution in [3.63, 3.8) is 0 Å². The summed E-state index contributed by atoms with van der Waals surface area (Å²) in [5.41, 5.74) is 0.505. The Morgan fingerprint density at radius 2 is 2.14 bits per heavy atom. The summed E-state index contributed by atoms with van der Waals surface area (Å²) in [5, 5.41) is 19.1. The second kappa shape index (κ2) is 7.44. The summed E-state index contributed by atoms with van der Waals surface area (Å²) in [5.74, 6) is 1.98. The van der Waals surface area contributed by atoms with Crippen molar-refractivity contribution in [2.24, 2.45) is 11.8 Å². The van der Waals surface area contributed by atoms with Crippen molar-refractivity contribution in [2.45, 2.75) is 26.4 Å². The number of likely N-dealkylation sites (tertiary alicyclic amines) is 1. The Hall–Kier alpha value is -1.57. The first kappa shape index (κ1) is 15.8. The molecule has 4 heteroatoms. The van der Waals surface area contributed by atoms with E-state index in [1.165, 1.54) is 6.42 Å². The fourth-order valence-corrected chi connectivity index (χ4v) is 2.74. The molecule has 1 N–H and O–H groups in total. The molecule has 1 fully saturated rings. The van der Waals surface area contributed by atoms with Crippen LogP contribution in [0.15, 0.2) is 24.3 Å². The molecular weight excluding hydrogens is 264 g/mol. The second-order valence-electron chi connectivity index (χ2n) is 6.08. The van der Waals surface area contributed by atoms with Crippen LogP contribution < -0.4 is 4.74 Å². The summed E-state index contributed by atoms with van der Waals surface area (Å²) in [6.07, 6.45) is 0.656. The van der Waals surface area contributed by atoms with Crippen molar-refractivity contribution in [1.82, 2.24) is 4.90 Å². The lowest BCUT2D eigenvalue weighted by Gasteiger charge is -2.36. The minimum Gasteiger partial charge on any atom is -0.489 e. The SMILES string of the molecule is CC1CCN(CC(O)COc2ccccc2C#N)CC1C. The highest BCUT2D eigenvalue weighted by atomic mass is 16.5. The number of piperidine rings is 1. The standard InChI is InChI=1S/C17H24N2O2/c1-13-7-8-19(10-14(13)2)11-16(20)12-21-17-6-4-3-5-15(17)9-18/h3-6,13-14,16,20H,7-8,10-12H2,1-2H3. The minimum atomic E-state index is -0.530. The topological polar surface area (TPSA) is 56.5 Å². The Bertz CT molecular complexity index is 498. The van der Waals surface area contributed by atoms with Gasteiger partial charge in [-0.25, -0.2) is 0 Å². The number of nitrogens with zero attached hydrogens (tertiary/aromatic N) is 2. The molecule has 3 atom stereocenters. The predicted octanol–water partition coefficient (Wildman–Crippen LogP) is 2.28. The lowest BCUT2D eigenvalue weighted by Crippen LogP contribution is -2.43. The van der Waals surface area contributed by atoms with Gasteiger partial charge in [-0.1, -0.05) is 26.0 Å². The van der Waals surface area contributed by atoms with E-state index in [4.69, 9.17) is 10.00 Å². The van der Waals surface area contributed by atoms with Crippen molar-refractivity contribution < 1.29 is 9.84 Å². The molecule has 0 saturated carbocycles. The first-order valence-corrected chi connectivity index (χ1v) is 7.62. The molecule has 4 nitrogen and oxygen atoms in total. The highest BCUT2D eigenvalue weighted by Gasteiger charge is 2.24. The van der Waals surface area contributed by atoms with Gasteiger partial charge in [-0.3, -0.25) is 0 Å². The van der Waals surface area contributed by atoms with Crippen LogP contribution >= 0.6 is 0 Å². The van der Waals surface area contributed by atoms with E-state index in [1.807, 2.05) is 6.07 Å². The fourth-order valence-electron chi connectivity index (χ4n) is 2.74. The lowest BCUT2D eigenvalue weighted by molar-refractivity contribution is 0.0436. The van der Waals surface area contributed by atoms with Gasteiger partial charge < -0.3 is 14.7 Å². The maximum absolute atomic E-state index is 10.1. The third kappa shape index (κ3) is 4.45. The number of aliphatic hydroxyl groups excluding tert-OH is 1. The van der Waals surface area contributed by atoms with E-state index < -0.39 is 6.10 Å². The second-order valence-corrected chi connectivity index (χ2v) is 6.08. The van der Waals surface area contributed by atoms with Crippen molar-refractivity contribution >= 4 is 0 Å². The Morgan fingerprint density at radius 3 is 2.86 bits per heavy atom. The molecule has 0 aliphatic carbocycles. The summed E-state index contributed by atoms with van der Waals surface area (Å²) in [6.45, 7) is 7.48. The molecule has 0 radical (unpaired) electrons. The molecule has 114 valence electrons. The Morgan fingerprint density at radius 1 is 1.38 bits per heavy atom. The van der Waals surface area contributed by atoms with Gasteiger partial charge in [0.2, 0.25) is 0 Å². The number of rotatable bonds is 5. The van der Waals surface area contributed by atoms with Gasteiger partial charge in [0.05, 0.1) is 5.56 Å². The van der Waals surface area contributed by atoms with Gasteiger partial charge >= 0.3 is 0 Å². The van der Waals surface area contributed by atoms with Crippen LogP contribution in [-0.4, -0.2) is 42.4 Å². The monoisotopic (exact) mass is 288 g/mol. The fraction of sp³-hybridized carbons (Fsp3) is 0.588. The number of hydrogen-bond donors (Lipinski definition) is 1. The summed E-state index contributed by atoms with van der Waals surface area (Å²) >= 11 is 0. The van der Waals surface area contributed by atoms with E-state index in [1.54, 1.807) is 18.2 Å². The molecule has 0 aromatic heterocycles. The summed E-state index contributed by atoms with van der Waals surface area (Å²) < 4.78 is 5.58. The molecule has 1 heterocycles. The van der Waals surface area contributed by atoms with Gasteiger partial charge in [0, 0.05) is 13.1 Å². The van der Waals surface area contributed by atoms with Crippen LogP contribution in [0.25, 0.3) is 0 Å². The first-order chi connectivity index (χ1) is 10.1. The van der Waals surface area contributed by atoms with Crippen LogP contribution in [0, 0.1) is 23.2 Å². The Labute approximate surface area is 127 Å². The summed E-state index contributed by atoms with van der Waals surface area (Å²) in [6, 6.07) is 9.21. The zero-order valence-electron chi connectivity index (χ0n) is 12.8. The number of para-hydroxylation sites is 1. The molecule has 1 aliphatic heterocycles. The Balaban J connectivity index is 1.80. The maximum atomic E-state index is 10.1. The lowest BCUT2D eigenvalue weighted by atomic mass is 9.88. The molecule has 0 bridgehead atoms. The van der Waals surface area contributed by atoms with Gasteiger partial charge in [0.25, 0.3) is 0 Å². The normalized spacial score (nSPS) is 24.3. The number of aliphatic hydroxyl groups is 1. The van der Waals surface area contributed by atoms with Gasteiger partial charge in [0.1, 0.15) is 24.5 Å². The summed E-state index contributed by atoms with van der Waals surface area (Å²) in [4.78, 5) is 2.30. The minimum absolute atomic E-state index is 0.221. The molecule has 3 unspecified atom stereocenters. The molecule has 0 amide bonds. The maximum Gasteiger partial charge on any atom is 0.137 e. The average Bonchev–Trinajstić information content (AvgIpc) is 2.49. The number of ether oxygens (including phenoxy) is 1. The van der Waals surface area contributed by atoms with Gasteiger partial charge in [0.15, 0.2) is 0 Å². The van der Waals surface area contributed by atoms with E-state index in [0.717, 1.165) is 19.0 Å². The highest BCUT2D eigenvalue weighted by Crippen LogP contribution is 2.22. The number of benzene rings is 1. The van der Waals surface area contributed by atoms with Crippen molar-refractivity contribution in [3.05, 3.63) is 29.8 Å². The van der Waals surface area contributed by atoms with Crippen LogP contribution in [0.1, 0.15) is 25.8 Å². The van der Waals surface area contributed by atoms with E-state index in [2.05, 4.69) is 24.8 Å². The third-order valence-electron chi connectivity index (χ3n) is 4.33. The smallest absolute Gasteiger partial charge is 0.137 e. The van der Waals surface area contributed by atoms with Crippen LogP contribution in [0.3, 0.4) is 0 Å². The molecule has 21 heavy (non-hydrogen) atoms. The van der Waals surface area contributed by atoms with Crippen LogP contribution in [0.2, 0.25) is 0 Å². The number of hydrogen-bond acceptors (Lipinski definition) is 4. The zero-order chi connectivity index (χ0) is 15.2. The molecule has 1 saturated heterocycles. The predicted molar refractivity (Wildman–Crippen MR) is 82.0 cm³/mol. The first-order valence-electron chi connectivity index (χ1n) is 7.62. The van der Waals surface area contributed by atoms with E-state index in [-0.39, 0.29) is 6.61 Å². The van der Waals surface area contributed by atoms with Crippen molar-refractivity contribution in [2.75, 3.05) is 26.2 Å². The van der Waals surface area contributed by atoms with Crippen LogP contribution in [0.5, 0.6) is 5.75 Å². The molecule has 1 aromatic carbocycles. The van der Waals surface area contributed by atoms with Crippen LogP contribution in [-0.2, 0) is 0 Å². The Kier molecular flexibility index (Phi) is 5.60. The van der Waals surface area contributed by atoms with E-state index >= 15 is 0 Å². The average molecular weight is 288 g/mol. The summed E-state index contributed by atoms with van der Waals surface area (Å²) in [7, 11) is 0. The third-order valence-corrected chi connectivity index (χ3v) is 4.33. The molecule has 0 spiro atoms. The van der Waals surface area contributed by atoms with Crippen molar-refractivity contribution in [3.8, 4) is 11.8 Å². The number of nitriles is 1.